The number of rotatable bonds is 1. The van der Waals surface area contributed by atoms with Gasteiger partial charge in [0, 0.05) is 0 Å². The molecule has 0 bridgehead atoms. The van der Waals surface area contributed by atoms with Crippen molar-refractivity contribution >= 4 is 32.3 Å². The molecular weight excluding hydrogens is 300 g/mol. The minimum Gasteiger partial charge on any atom is -0.0616 e. The summed E-state index contributed by atoms with van der Waals surface area (Å²) in [5.74, 6) is 0. The van der Waals surface area contributed by atoms with Crippen LogP contribution in [0.2, 0.25) is 0 Å². The van der Waals surface area contributed by atoms with Crippen molar-refractivity contribution in [2.75, 3.05) is 0 Å². The molecule has 118 valence electrons. The van der Waals surface area contributed by atoms with E-state index in [1.54, 1.807) is 0 Å². The lowest BCUT2D eigenvalue weighted by Crippen LogP contribution is -1.89. The summed E-state index contributed by atoms with van der Waals surface area (Å²) in [5.41, 5.74) is 3.98. The molecule has 0 aliphatic heterocycles. The maximum Gasteiger partial charge on any atom is -0.00264 e. The van der Waals surface area contributed by atoms with E-state index in [1.807, 2.05) is 0 Å². The molecule has 0 aliphatic carbocycles. The largest absolute Gasteiger partial charge is 0.0616 e. The first-order valence-electron chi connectivity index (χ1n) is 8.72. The van der Waals surface area contributed by atoms with Crippen molar-refractivity contribution in [3.05, 3.63) is 96.6 Å². The Labute approximate surface area is 147 Å². The van der Waals surface area contributed by atoms with Crippen LogP contribution in [0.15, 0.2) is 91.0 Å². The zero-order valence-electron chi connectivity index (χ0n) is 14.2. The molecule has 5 aromatic carbocycles. The third-order valence-corrected chi connectivity index (χ3v) is 5.24. The Morgan fingerprint density at radius 2 is 1.00 bits per heavy atom. The van der Waals surface area contributed by atoms with Gasteiger partial charge >= 0.3 is 0 Å². The highest BCUT2D eigenvalue weighted by Crippen LogP contribution is 2.39. The Balaban J connectivity index is 1.97. The third-order valence-electron chi connectivity index (χ3n) is 5.24. The highest BCUT2D eigenvalue weighted by molar-refractivity contribution is 6.15. The van der Waals surface area contributed by atoms with E-state index in [2.05, 4.69) is 97.9 Å². The summed E-state index contributed by atoms with van der Waals surface area (Å²) in [4.78, 5) is 0. The van der Waals surface area contributed by atoms with Gasteiger partial charge in [-0.25, -0.2) is 0 Å². The molecule has 5 aromatic rings. The number of aryl methyl sites for hydroxylation is 1. The third kappa shape index (κ3) is 2.15. The van der Waals surface area contributed by atoms with Gasteiger partial charge in [0.2, 0.25) is 0 Å². The van der Waals surface area contributed by atoms with Crippen LogP contribution in [0.25, 0.3) is 43.4 Å². The summed E-state index contributed by atoms with van der Waals surface area (Å²) in [7, 11) is 0. The zero-order valence-corrected chi connectivity index (χ0v) is 14.2. The number of fused-ring (bicyclic) bond motifs is 3. The Morgan fingerprint density at radius 1 is 0.480 bits per heavy atom. The van der Waals surface area contributed by atoms with E-state index in [9.17, 15) is 0 Å². The summed E-state index contributed by atoms with van der Waals surface area (Å²) in [5, 5.41) is 7.90. The molecule has 0 N–H and O–H groups in total. The lowest BCUT2D eigenvalue weighted by atomic mass is 9.88. The van der Waals surface area contributed by atoms with Crippen molar-refractivity contribution < 1.29 is 0 Å². The molecule has 0 amide bonds. The first-order valence-corrected chi connectivity index (χ1v) is 8.72. The fourth-order valence-electron chi connectivity index (χ4n) is 4.00. The molecular formula is C25H18. The first kappa shape index (κ1) is 14.2. The minimum atomic E-state index is 1.28. The van der Waals surface area contributed by atoms with E-state index >= 15 is 0 Å². The van der Waals surface area contributed by atoms with Crippen LogP contribution < -0.4 is 0 Å². The smallest absolute Gasteiger partial charge is 0.00264 e. The monoisotopic (exact) mass is 318 g/mol. The lowest BCUT2D eigenvalue weighted by molar-refractivity contribution is 1.58. The van der Waals surface area contributed by atoms with Crippen molar-refractivity contribution in [3.63, 3.8) is 0 Å². The Morgan fingerprint density at radius 3 is 1.64 bits per heavy atom. The molecule has 0 atom stereocenters. The minimum absolute atomic E-state index is 1.28. The normalized spacial score (nSPS) is 11.4. The summed E-state index contributed by atoms with van der Waals surface area (Å²) in [6, 6.07) is 32.9. The van der Waals surface area contributed by atoms with Gasteiger partial charge < -0.3 is 0 Å². The predicted octanol–water partition coefficient (Wildman–Crippen LogP) is 7.12. The number of benzene rings is 5. The lowest BCUT2D eigenvalue weighted by Gasteiger charge is -2.15. The van der Waals surface area contributed by atoms with Crippen molar-refractivity contribution in [1.29, 1.82) is 0 Å². The van der Waals surface area contributed by atoms with E-state index in [0.29, 0.717) is 0 Å². The van der Waals surface area contributed by atoms with Crippen LogP contribution in [0.5, 0.6) is 0 Å². The van der Waals surface area contributed by atoms with Gasteiger partial charge in [-0.2, -0.15) is 0 Å². The molecule has 25 heavy (non-hydrogen) atoms. The van der Waals surface area contributed by atoms with Crippen LogP contribution in [-0.2, 0) is 0 Å². The fourth-order valence-corrected chi connectivity index (χ4v) is 4.00. The molecule has 0 aromatic heterocycles. The SMILES string of the molecule is Cc1c2ccccc2c(-c2ccc3ccccc3c2)c2ccccc12. The van der Waals surface area contributed by atoms with E-state index in [1.165, 1.54) is 49.0 Å². The molecule has 0 saturated carbocycles. The van der Waals surface area contributed by atoms with E-state index in [4.69, 9.17) is 0 Å². The van der Waals surface area contributed by atoms with Crippen molar-refractivity contribution in [2.24, 2.45) is 0 Å². The molecule has 0 nitrogen and oxygen atoms in total. The van der Waals surface area contributed by atoms with Gasteiger partial charge in [-0.05, 0) is 62.0 Å². The van der Waals surface area contributed by atoms with Gasteiger partial charge in [-0.1, -0.05) is 84.9 Å². The first-order chi connectivity index (χ1) is 12.3. The molecule has 0 spiro atoms. The Bertz CT molecular complexity index is 1190. The van der Waals surface area contributed by atoms with Crippen molar-refractivity contribution in [3.8, 4) is 11.1 Å². The summed E-state index contributed by atoms with van der Waals surface area (Å²) >= 11 is 0. The topological polar surface area (TPSA) is 0 Å². The van der Waals surface area contributed by atoms with Gasteiger partial charge in [0.25, 0.3) is 0 Å². The van der Waals surface area contributed by atoms with E-state index in [0.717, 1.165) is 0 Å². The van der Waals surface area contributed by atoms with Crippen molar-refractivity contribution in [2.45, 2.75) is 6.92 Å². The van der Waals surface area contributed by atoms with Crippen LogP contribution in [0.1, 0.15) is 5.56 Å². The van der Waals surface area contributed by atoms with Gasteiger partial charge in [-0.15, -0.1) is 0 Å². The molecule has 0 heteroatoms. The van der Waals surface area contributed by atoms with Gasteiger partial charge in [0.15, 0.2) is 0 Å². The molecule has 0 fully saturated rings. The number of hydrogen-bond donors (Lipinski definition) is 0. The second-order valence-corrected chi connectivity index (χ2v) is 6.65. The Hall–Kier alpha value is -3.12. The summed E-state index contributed by atoms with van der Waals surface area (Å²) < 4.78 is 0. The van der Waals surface area contributed by atoms with Gasteiger partial charge in [0.1, 0.15) is 0 Å². The maximum absolute atomic E-state index is 2.32. The molecule has 5 rings (SSSR count). The molecule has 0 saturated heterocycles. The summed E-state index contributed by atoms with van der Waals surface area (Å²) in [6.07, 6.45) is 0. The number of hydrogen-bond acceptors (Lipinski definition) is 0. The highest BCUT2D eigenvalue weighted by Gasteiger charge is 2.12. The van der Waals surface area contributed by atoms with Crippen LogP contribution in [0, 0.1) is 6.92 Å². The Kier molecular flexibility index (Phi) is 3.11. The molecule has 0 unspecified atom stereocenters. The average Bonchev–Trinajstić information content (AvgIpc) is 2.68. The van der Waals surface area contributed by atoms with Gasteiger partial charge in [0.05, 0.1) is 0 Å². The average molecular weight is 318 g/mol. The van der Waals surface area contributed by atoms with E-state index < -0.39 is 0 Å². The molecule has 0 radical (unpaired) electrons. The molecule has 0 heterocycles. The van der Waals surface area contributed by atoms with Crippen LogP contribution in [0.4, 0.5) is 0 Å². The highest BCUT2D eigenvalue weighted by atomic mass is 14.2. The second kappa shape index (κ2) is 5.46. The van der Waals surface area contributed by atoms with Crippen LogP contribution in [-0.4, -0.2) is 0 Å². The zero-order chi connectivity index (χ0) is 16.8. The summed E-state index contributed by atoms with van der Waals surface area (Å²) in [6.45, 7) is 2.23. The van der Waals surface area contributed by atoms with Crippen molar-refractivity contribution in [1.82, 2.24) is 0 Å². The second-order valence-electron chi connectivity index (χ2n) is 6.65. The molecule has 0 aliphatic rings. The quantitative estimate of drug-likeness (QED) is 0.289. The van der Waals surface area contributed by atoms with Gasteiger partial charge in [-0.3, -0.25) is 0 Å². The fraction of sp³-hybridized carbons (Fsp3) is 0.0400. The van der Waals surface area contributed by atoms with E-state index in [-0.39, 0.29) is 0 Å². The predicted molar refractivity (Wildman–Crippen MR) is 109 cm³/mol. The maximum atomic E-state index is 2.32. The standard InChI is InChI=1S/C25H18/c1-17-21-10-4-6-12-23(21)25(24-13-7-5-11-22(17)24)20-15-14-18-8-2-3-9-19(18)16-20/h2-16H,1H3. The van der Waals surface area contributed by atoms with Crippen LogP contribution in [0.3, 0.4) is 0 Å². The van der Waals surface area contributed by atoms with Crippen LogP contribution >= 0.6 is 0 Å².